The van der Waals surface area contributed by atoms with Gasteiger partial charge in [-0.2, -0.15) is 0 Å². The summed E-state index contributed by atoms with van der Waals surface area (Å²) >= 11 is 0. The van der Waals surface area contributed by atoms with Gasteiger partial charge in [0.2, 0.25) is 11.8 Å². The van der Waals surface area contributed by atoms with Crippen LogP contribution >= 0.6 is 0 Å². The maximum absolute atomic E-state index is 13.7. The summed E-state index contributed by atoms with van der Waals surface area (Å²) in [6, 6.07) is 5.19. The SMILES string of the molecule is CC1(NC(=O)OC(C)(C)C)CCC(Nc2cccc3c2[C@@H](CCC2CC2)N([C@@H]2CCC(=O)NC2=O)C3=O)CC1. The van der Waals surface area contributed by atoms with Crippen LogP contribution in [0.15, 0.2) is 18.2 Å². The Morgan fingerprint density at radius 2 is 1.79 bits per heavy atom. The minimum absolute atomic E-state index is 0.123. The van der Waals surface area contributed by atoms with Crippen molar-refractivity contribution in [3.63, 3.8) is 0 Å². The zero-order valence-electron chi connectivity index (χ0n) is 23.6. The summed E-state index contributed by atoms with van der Waals surface area (Å²) in [6.45, 7) is 7.64. The summed E-state index contributed by atoms with van der Waals surface area (Å²) in [5, 5.41) is 9.24. The number of benzene rings is 1. The Morgan fingerprint density at radius 1 is 1.08 bits per heavy atom. The van der Waals surface area contributed by atoms with Crippen LogP contribution < -0.4 is 16.0 Å². The van der Waals surface area contributed by atoms with Gasteiger partial charge >= 0.3 is 6.09 Å². The average molecular weight is 539 g/mol. The van der Waals surface area contributed by atoms with Gasteiger partial charge in [0.25, 0.3) is 5.91 Å². The number of ether oxygens (including phenoxy) is 1. The van der Waals surface area contributed by atoms with Gasteiger partial charge in [-0.05, 0) is 90.7 Å². The highest BCUT2D eigenvalue weighted by Crippen LogP contribution is 2.46. The van der Waals surface area contributed by atoms with E-state index in [1.807, 2.05) is 39.0 Å². The third-order valence-corrected chi connectivity index (χ3v) is 8.58. The van der Waals surface area contributed by atoms with E-state index in [2.05, 4.69) is 22.9 Å². The lowest BCUT2D eigenvalue weighted by molar-refractivity contribution is -0.137. The molecule has 2 aliphatic carbocycles. The number of hydrogen-bond donors (Lipinski definition) is 3. The molecule has 2 aliphatic heterocycles. The fourth-order valence-electron chi connectivity index (χ4n) is 6.34. The monoisotopic (exact) mass is 538 g/mol. The van der Waals surface area contributed by atoms with Crippen molar-refractivity contribution in [2.45, 2.75) is 121 Å². The molecule has 1 aromatic rings. The molecule has 212 valence electrons. The molecule has 1 aromatic carbocycles. The van der Waals surface area contributed by atoms with Gasteiger partial charge in [0.1, 0.15) is 11.6 Å². The molecule has 1 saturated heterocycles. The summed E-state index contributed by atoms with van der Waals surface area (Å²) in [6.07, 6.45) is 7.86. The van der Waals surface area contributed by atoms with Crippen molar-refractivity contribution in [3.8, 4) is 0 Å². The van der Waals surface area contributed by atoms with Gasteiger partial charge in [0.05, 0.1) is 6.04 Å². The van der Waals surface area contributed by atoms with E-state index < -0.39 is 11.6 Å². The summed E-state index contributed by atoms with van der Waals surface area (Å²) in [4.78, 5) is 52.5. The number of nitrogens with one attached hydrogen (secondary N) is 3. The van der Waals surface area contributed by atoms with Gasteiger partial charge < -0.3 is 20.3 Å². The maximum Gasteiger partial charge on any atom is 0.408 e. The lowest BCUT2D eigenvalue weighted by atomic mass is 9.80. The predicted molar refractivity (Wildman–Crippen MR) is 147 cm³/mol. The standard InChI is InChI=1S/C30H42N4O5/c1-29(2,3)39-28(38)33-30(4)16-14-19(15-17-30)31-21-7-5-6-20-25(21)22(11-10-18-8-9-18)34(27(20)37)23-12-13-24(35)32-26(23)36/h5-7,18-19,22-23,31H,8-17H2,1-4H3,(H,33,38)(H,32,35,36)/t19?,22-,23-,30?/m1/s1. The number of hydrogen-bond acceptors (Lipinski definition) is 6. The van der Waals surface area contributed by atoms with Crippen LogP contribution in [0.4, 0.5) is 10.5 Å². The number of carbonyl (C=O) groups excluding carboxylic acids is 4. The molecular weight excluding hydrogens is 496 g/mol. The number of piperidine rings is 1. The number of alkyl carbamates (subject to hydrolysis) is 1. The van der Waals surface area contributed by atoms with E-state index in [0.29, 0.717) is 17.9 Å². The Morgan fingerprint density at radius 3 is 2.44 bits per heavy atom. The zero-order chi connectivity index (χ0) is 27.9. The van der Waals surface area contributed by atoms with E-state index in [1.165, 1.54) is 12.8 Å². The molecule has 39 heavy (non-hydrogen) atoms. The van der Waals surface area contributed by atoms with Crippen molar-refractivity contribution in [2.24, 2.45) is 5.92 Å². The molecule has 3 N–H and O–H groups in total. The molecule has 2 atom stereocenters. The first-order valence-corrected chi connectivity index (χ1v) is 14.5. The van der Waals surface area contributed by atoms with Crippen LogP contribution in [0.3, 0.4) is 0 Å². The van der Waals surface area contributed by atoms with Crippen molar-refractivity contribution in [2.75, 3.05) is 5.32 Å². The van der Waals surface area contributed by atoms with E-state index in [-0.39, 0.29) is 47.9 Å². The zero-order valence-corrected chi connectivity index (χ0v) is 23.6. The first-order chi connectivity index (χ1) is 18.4. The predicted octanol–water partition coefficient (Wildman–Crippen LogP) is 4.82. The van der Waals surface area contributed by atoms with E-state index in [4.69, 9.17) is 4.74 Å². The van der Waals surface area contributed by atoms with Crippen molar-refractivity contribution < 1.29 is 23.9 Å². The third kappa shape index (κ3) is 6.23. The van der Waals surface area contributed by atoms with E-state index >= 15 is 0 Å². The molecular formula is C30H42N4O5. The van der Waals surface area contributed by atoms with Crippen molar-refractivity contribution >= 4 is 29.5 Å². The molecule has 0 radical (unpaired) electrons. The van der Waals surface area contributed by atoms with Crippen molar-refractivity contribution in [1.82, 2.24) is 15.5 Å². The van der Waals surface area contributed by atoms with Crippen LogP contribution in [0.25, 0.3) is 0 Å². The molecule has 0 spiro atoms. The molecule has 4 aliphatic rings. The number of rotatable bonds is 7. The molecule has 0 bridgehead atoms. The lowest BCUT2D eigenvalue weighted by Crippen LogP contribution is -2.53. The molecule has 3 fully saturated rings. The fraction of sp³-hybridized carbons (Fsp3) is 0.667. The molecule has 0 aromatic heterocycles. The smallest absolute Gasteiger partial charge is 0.408 e. The number of nitrogens with zero attached hydrogens (tertiary/aromatic N) is 1. The number of fused-ring (bicyclic) bond motifs is 1. The second-order valence-corrected chi connectivity index (χ2v) is 13.1. The third-order valence-electron chi connectivity index (χ3n) is 8.58. The van der Waals surface area contributed by atoms with Crippen LogP contribution in [0.5, 0.6) is 0 Å². The molecule has 2 saturated carbocycles. The van der Waals surface area contributed by atoms with Gasteiger partial charge in [-0.3, -0.25) is 19.7 Å². The largest absolute Gasteiger partial charge is 0.444 e. The number of amides is 4. The maximum atomic E-state index is 13.7. The molecule has 0 unspecified atom stereocenters. The normalized spacial score (nSPS) is 29.1. The number of anilines is 1. The molecule has 9 nitrogen and oxygen atoms in total. The Hall–Kier alpha value is -3.10. The molecule has 2 heterocycles. The second kappa shape index (κ2) is 10.5. The molecule has 5 rings (SSSR count). The van der Waals surface area contributed by atoms with Crippen LogP contribution in [-0.2, 0) is 14.3 Å². The average Bonchev–Trinajstić information content (AvgIpc) is 3.63. The summed E-state index contributed by atoms with van der Waals surface area (Å²) in [7, 11) is 0. The van der Waals surface area contributed by atoms with Crippen LogP contribution in [0, 0.1) is 5.92 Å². The molecule has 4 amide bonds. The summed E-state index contributed by atoms with van der Waals surface area (Å²) < 4.78 is 5.47. The van der Waals surface area contributed by atoms with Gasteiger partial charge in [0, 0.05) is 34.8 Å². The topological polar surface area (TPSA) is 117 Å². The van der Waals surface area contributed by atoms with Crippen LogP contribution in [-0.4, -0.2) is 51.9 Å². The van der Waals surface area contributed by atoms with Gasteiger partial charge in [0.15, 0.2) is 0 Å². The quantitative estimate of drug-likeness (QED) is 0.429. The van der Waals surface area contributed by atoms with E-state index in [9.17, 15) is 19.2 Å². The number of carbonyl (C=O) groups is 4. The van der Waals surface area contributed by atoms with E-state index in [0.717, 1.165) is 49.8 Å². The van der Waals surface area contributed by atoms with Gasteiger partial charge in [-0.15, -0.1) is 0 Å². The summed E-state index contributed by atoms with van der Waals surface area (Å²) in [5.74, 6) is -0.0757. The van der Waals surface area contributed by atoms with Crippen molar-refractivity contribution in [3.05, 3.63) is 29.3 Å². The fourth-order valence-corrected chi connectivity index (χ4v) is 6.34. The first-order valence-electron chi connectivity index (χ1n) is 14.5. The minimum Gasteiger partial charge on any atom is -0.444 e. The Labute approximate surface area is 230 Å². The first kappa shape index (κ1) is 27.5. The second-order valence-electron chi connectivity index (χ2n) is 13.1. The minimum atomic E-state index is -0.631. The number of imide groups is 1. The van der Waals surface area contributed by atoms with Crippen LogP contribution in [0.2, 0.25) is 0 Å². The highest BCUT2D eigenvalue weighted by molar-refractivity contribution is 6.06. The van der Waals surface area contributed by atoms with Gasteiger partial charge in [-0.25, -0.2) is 4.79 Å². The Balaban J connectivity index is 1.31. The highest BCUT2D eigenvalue weighted by Gasteiger charge is 2.46. The molecule has 9 heteroatoms. The lowest BCUT2D eigenvalue weighted by Gasteiger charge is -2.39. The Kier molecular flexibility index (Phi) is 7.37. The van der Waals surface area contributed by atoms with E-state index in [1.54, 1.807) is 4.90 Å². The van der Waals surface area contributed by atoms with Crippen molar-refractivity contribution in [1.29, 1.82) is 0 Å². The van der Waals surface area contributed by atoms with Crippen LogP contribution in [0.1, 0.15) is 114 Å². The Bertz CT molecular complexity index is 1150. The highest BCUT2D eigenvalue weighted by atomic mass is 16.6. The van der Waals surface area contributed by atoms with Gasteiger partial charge in [-0.1, -0.05) is 18.9 Å². The summed E-state index contributed by atoms with van der Waals surface area (Å²) in [5.41, 5.74) is 1.71.